The van der Waals surface area contributed by atoms with E-state index in [1.165, 1.54) is 11.8 Å². The van der Waals surface area contributed by atoms with Gasteiger partial charge in [0.2, 0.25) is 0 Å². The monoisotopic (exact) mass is 311 g/mol. The number of methoxy groups -OCH3 is 1. The van der Waals surface area contributed by atoms with Gasteiger partial charge in [-0.25, -0.2) is 13.1 Å². The van der Waals surface area contributed by atoms with Crippen molar-refractivity contribution >= 4 is 15.5 Å². The van der Waals surface area contributed by atoms with Gasteiger partial charge in [0, 0.05) is 11.3 Å². The summed E-state index contributed by atoms with van der Waals surface area (Å²) in [6.45, 7) is 1.81. The molecule has 0 fully saturated rings. The van der Waals surface area contributed by atoms with Gasteiger partial charge in [-0.2, -0.15) is 0 Å². The number of nitrogens with zero attached hydrogens (tertiary/aromatic N) is 4. The topological polar surface area (TPSA) is 113 Å². The zero-order valence-corrected chi connectivity index (χ0v) is 12.7. The molecule has 114 valence electrons. The first-order valence-corrected chi connectivity index (χ1v) is 8.19. The van der Waals surface area contributed by atoms with Gasteiger partial charge in [-0.15, -0.1) is 5.10 Å². The van der Waals surface area contributed by atoms with Crippen molar-refractivity contribution in [2.75, 3.05) is 24.3 Å². The molecule has 21 heavy (non-hydrogen) atoms. The number of hydrogen-bond donors (Lipinski definition) is 1. The summed E-state index contributed by atoms with van der Waals surface area (Å²) in [5, 5.41) is 11.3. The molecule has 0 amide bonds. The van der Waals surface area contributed by atoms with Crippen molar-refractivity contribution < 1.29 is 13.2 Å². The molecule has 1 heterocycles. The van der Waals surface area contributed by atoms with E-state index in [2.05, 4.69) is 15.5 Å². The number of benzene rings is 1. The molecule has 9 heteroatoms. The minimum atomic E-state index is -3.07. The molecule has 0 aliphatic heterocycles. The molecule has 2 aromatic rings. The van der Waals surface area contributed by atoms with Crippen LogP contribution in [0.1, 0.15) is 6.92 Å². The largest absolute Gasteiger partial charge is 0.495 e. The summed E-state index contributed by atoms with van der Waals surface area (Å²) in [6, 6.07) is 5.17. The third kappa shape index (κ3) is 3.48. The zero-order chi connectivity index (χ0) is 15.5. The maximum atomic E-state index is 11.6. The van der Waals surface area contributed by atoms with E-state index >= 15 is 0 Å². The summed E-state index contributed by atoms with van der Waals surface area (Å²) in [7, 11) is -1.54. The number of rotatable bonds is 6. The first kappa shape index (κ1) is 15.2. The number of ether oxygens (including phenoxy) is 1. The van der Waals surface area contributed by atoms with Gasteiger partial charge in [0.05, 0.1) is 25.1 Å². The van der Waals surface area contributed by atoms with E-state index in [-0.39, 0.29) is 18.1 Å². The van der Waals surface area contributed by atoms with Crippen molar-refractivity contribution in [2.24, 2.45) is 0 Å². The SMILES string of the molecule is CCS(=O)(=O)CCn1nnnc1-c1ccc(OC)c(N)c1. The van der Waals surface area contributed by atoms with Crippen LogP contribution in [-0.4, -0.2) is 47.2 Å². The molecule has 0 atom stereocenters. The number of nitrogens with two attached hydrogens (primary N) is 1. The highest BCUT2D eigenvalue weighted by Gasteiger charge is 2.14. The predicted molar refractivity (Wildman–Crippen MR) is 78.5 cm³/mol. The lowest BCUT2D eigenvalue weighted by Gasteiger charge is -2.08. The van der Waals surface area contributed by atoms with Crippen LogP contribution in [0.3, 0.4) is 0 Å². The third-order valence-corrected chi connectivity index (χ3v) is 4.76. The molecule has 0 spiro atoms. The minimum Gasteiger partial charge on any atom is -0.495 e. The Morgan fingerprint density at radius 2 is 2.14 bits per heavy atom. The summed E-state index contributed by atoms with van der Waals surface area (Å²) >= 11 is 0. The average molecular weight is 311 g/mol. The lowest BCUT2D eigenvalue weighted by atomic mass is 10.2. The number of aryl methyl sites for hydroxylation is 1. The fourth-order valence-corrected chi connectivity index (χ4v) is 2.55. The van der Waals surface area contributed by atoms with Gasteiger partial charge in [-0.3, -0.25) is 0 Å². The van der Waals surface area contributed by atoms with Crippen LogP contribution < -0.4 is 10.5 Å². The summed E-state index contributed by atoms with van der Waals surface area (Å²) in [4.78, 5) is 0. The van der Waals surface area contributed by atoms with E-state index in [9.17, 15) is 8.42 Å². The molecule has 8 nitrogen and oxygen atoms in total. The number of nitrogen functional groups attached to an aromatic ring is 1. The molecular weight excluding hydrogens is 294 g/mol. The van der Waals surface area contributed by atoms with Gasteiger partial charge in [0.1, 0.15) is 5.75 Å². The van der Waals surface area contributed by atoms with Crippen LogP contribution in [0.15, 0.2) is 18.2 Å². The number of sulfone groups is 1. The number of anilines is 1. The molecule has 0 bridgehead atoms. The second-order valence-electron chi connectivity index (χ2n) is 4.42. The number of hydrogen-bond acceptors (Lipinski definition) is 7. The summed E-state index contributed by atoms with van der Waals surface area (Å²) in [6.07, 6.45) is 0. The summed E-state index contributed by atoms with van der Waals surface area (Å²) in [5.74, 6) is 1.12. The highest BCUT2D eigenvalue weighted by molar-refractivity contribution is 7.91. The zero-order valence-electron chi connectivity index (χ0n) is 11.9. The highest BCUT2D eigenvalue weighted by atomic mass is 32.2. The first-order chi connectivity index (χ1) is 9.96. The van der Waals surface area contributed by atoms with E-state index in [0.717, 1.165) is 0 Å². The fraction of sp³-hybridized carbons (Fsp3) is 0.417. The van der Waals surface area contributed by atoms with Crippen LogP contribution in [0, 0.1) is 0 Å². The Hall–Kier alpha value is -2.16. The van der Waals surface area contributed by atoms with E-state index < -0.39 is 9.84 Å². The maximum Gasteiger partial charge on any atom is 0.182 e. The number of tetrazole rings is 1. The summed E-state index contributed by atoms with van der Waals surface area (Å²) < 4.78 is 29.7. The van der Waals surface area contributed by atoms with Gasteiger partial charge in [0.15, 0.2) is 15.7 Å². The quantitative estimate of drug-likeness (QED) is 0.766. The Labute approximate surface area is 122 Å². The van der Waals surface area contributed by atoms with Crippen LogP contribution >= 0.6 is 0 Å². The van der Waals surface area contributed by atoms with Gasteiger partial charge in [-0.05, 0) is 28.6 Å². The van der Waals surface area contributed by atoms with E-state index in [4.69, 9.17) is 10.5 Å². The molecule has 0 aliphatic carbocycles. The molecular formula is C12H17N5O3S. The summed E-state index contributed by atoms with van der Waals surface area (Å²) in [5.41, 5.74) is 7.02. The molecule has 1 aromatic heterocycles. The fourth-order valence-electron chi connectivity index (χ4n) is 1.81. The Bertz CT molecular complexity index is 726. The lowest BCUT2D eigenvalue weighted by molar-refractivity contribution is 0.417. The Balaban J connectivity index is 2.26. The average Bonchev–Trinajstić information content (AvgIpc) is 2.93. The second-order valence-corrected chi connectivity index (χ2v) is 6.89. The van der Waals surface area contributed by atoms with E-state index in [1.54, 1.807) is 25.1 Å². The van der Waals surface area contributed by atoms with Crippen LogP contribution in [0.25, 0.3) is 11.4 Å². The van der Waals surface area contributed by atoms with Crippen LogP contribution in [0.2, 0.25) is 0 Å². The maximum absolute atomic E-state index is 11.6. The molecule has 0 unspecified atom stereocenters. The van der Waals surface area contributed by atoms with Gasteiger partial charge < -0.3 is 10.5 Å². The van der Waals surface area contributed by atoms with Crippen molar-refractivity contribution in [3.63, 3.8) is 0 Å². The van der Waals surface area contributed by atoms with Gasteiger partial charge >= 0.3 is 0 Å². The van der Waals surface area contributed by atoms with Crippen molar-refractivity contribution in [1.82, 2.24) is 20.2 Å². The Morgan fingerprint density at radius 1 is 1.38 bits per heavy atom. The molecule has 2 N–H and O–H groups in total. The molecule has 0 radical (unpaired) electrons. The molecule has 0 saturated carbocycles. The molecule has 0 aliphatic rings. The molecule has 1 aromatic carbocycles. The minimum absolute atomic E-state index is 0.00677. The van der Waals surface area contributed by atoms with Crippen molar-refractivity contribution in [3.8, 4) is 17.1 Å². The number of aromatic nitrogens is 4. The second kappa shape index (κ2) is 6.08. The lowest BCUT2D eigenvalue weighted by Crippen LogP contribution is -2.16. The highest BCUT2D eigenvalue weighted by Crippen LogP contribution is 2.26. The standard InChI is InChI=1S/C12H17N5O3S/c1-3-21(18,19)7-6-17-12(14-15-16-17)9-4-5-11(20-2)10(13)8-9/h4-5,8H,3,6-7,13H2,1-2H3. The van der Waals surface area contributed by atoms with Gasteiger partial charge in [0.25, 0.3) is 0 Å². The van der Waals surface area contributed by atoms with E-state index in [1.807, 2.05) is 0 Å². The Morgan fingerprint density at radius 3 is 2.76 bits per heavy atom. The molecule has 0 saturated heterocycles. The van der Waals surface area contributed by atoms with Crippen LogP contribution in [0.4, 0.5) is 5.69 Å². The first-order valence-electron chi connectivity index (χ1n) is 6.37. The Kier molecular flexibility index (Phi) is 4.41. The van der Waals surface area contributed by atoms with Crippen molar-refractivity contribution in [3.05, 3.63) is 18.2 Å². The van der Waals surface area contributed by atoms with Crippen molar-refractivity contribution in [1.29, 1.82) is 0 Å². The normalized spacial score (nSPS) is 11.5. The van der Waals surface area contributed by atoms with Crippen LogP contribution in [-0.2, 0) is 16.4 Å². The van der Waals surface area contributed by atoms with Gasteiger partial charge in [-0.1, -0.05) is 6.92 Å². The molecule has 2 rings (SSSR count). The predicted octanol–water partition coefficient (Wildman–Crippen LogP) is 0.366. The van der Waals surface area contributed by atoms with E-state index in [0.29, 0.717) is 22.8 Å². The third-order valence-electron chi connectivity index (χ3n) is 3.07. The van der Waals surface area contributed by atoms with Crippen LogP contribution in [0.5, 0.6) is 5.75 Å². The van der Waals surface area contributed by atoms with Crippen molar-refractivity contribution in [2.45, 2.75) is 13.5 Å². The smallest absolute Gasteiger partial charge is 0.182 e.